The van der Waals surface area contributed by atoms with E-state index in [0.29, 0.717) is 17.1 Å². The van der Waals surface area contributed by atoms with Gasteiger partial charge in [-0.05, 0) is 106 Å². The van der Waals surface area contributed by atoms with Crippen molar-refractivity contribution in [2.45, 2.75) is 91.1 Å². The van der Waals surface area contributed by atoms with Crippen LogP contribution in [0.1, 0.15) is 85.5 Å². The molecule has 0 aromatic heterocycles. The molecule has 0 unspecified atom stereocenters. The zero-order valence-electron chi connectivity index (χ0n) is 16.1. The Balaban J connectivity index is 1.60. The number of rotatable bonds is 1. The molecule has 2 heteroatoms. The van der Waals surface area contributed by atoms with Gasteiger partial charge in [0, 0.05) is 5.92 Å². The smallest absolute Gasteiger partial charge is 0.132 e. The number of carbonyl (C=O) groups is 1. The van der Waals surface area contributed by atoms with Gasteiger partial charge in [-0.2, -0.15) is 0 Å². The van der Waals surface area contributed by atoms with Crippen LogP contribution in [0, 0.1) is 40.4 Å². The molecule has 4 aliphatic rings. The van der Waals surface area contributed by atoms with Crippen molar-refractivity contribution in [1.29, 1.82) is 0 Å². The molecule has 1 N–H and O–H groups in total. The summed E-state index contributed by atoms with van der Waals surface area (Å²) in [6, 6.07) is 0. The normalized spacial score (nSPS) is 57.0. The number of ketones is 1. The summed E-state index contributed by atoms with van der Waals surface area (Å²) in [4.78, 5) is 11.9. The molecule has 0 aromatic rings. The largest absolute Gasteiger partial charge is 0.390 e. The lowest BCUT2D eigenvalue weighted by Gasteiger charge is -2.61. The molecule has 4 aliphatic carbocycles. The predicted octanol–water partition coefficient (Wildman–Crippen LogP) is 4.99. The quantitative estimate of drug-likeness (QED) is 0.735. The standard InChI is InChI=1S/C22H36O2/c1-14(23)15-7-10-20(2)16(13-15)5-6-17-18(20)8-11-21(3)19(17)9-12-22(21,4)24/h15-19,24H,5-13H2,1-4H3/t15-,16-,17-,18+,19+,20+,21+,22-/m1/s1. The molecule has 4 fully saturated rings. The van der Waals surface area contributed by atoms with Crippen LogP contribution >= 0.6 is 0 Å². The van der Waals surface area contributed by atoms with Crippen LogP contribution in [-0.2, 0) is 4.79 Å². The van der Waals surface area contributed by atoms with Gasteiger partial charge in [-0.25, -0.2) is 0 Å². The number of Topliss-reactive ketones (excluding diaryl/α,β-unsaturated/α-hetero) is 1. The molecule has 0 spiro atoms. The van der Waals surface area contributed by atoms with Gasteiger partial charge in [0.15, 0.2) is 0 Å². The highest BCUT2D eigenvalue weighted by molar-refractivity contribution is 5.78. The summed E-state index contributed by atoms with van der Waals surface area (Å²) < 4.78 is 0. The summed E-state index contributed by atoms with van der Waals surface area (Å²) in [5, 5.41) is 11.0. The molecule has 24 heavy (non-hydrogen) atoms. The molecule has 0 aromatic carbocycles. The van der Waals surface area contributed by atoms with E-state index in [0.717, 1.165) is 42.9 Å². The van der Waals surface area contributed by atoms with Crippen molar-refractivity contribution in [3.05, 3.63) is 0 Å². The summed E-state index contributed by atoms with van der Waals surface area (Å²) in [7, 11) is 0. The third kappa shape index (κ3) is 2.14. The highest BCUT2D eigenvalue weighted by atomic mass is 16.3. The summed E-state index contributed by atoms with van der Waals surface area (Å²) in [5.41, 5.74) is 0.116. The Hall–Kier alpha value is -0.370. The monoisotopic (exact) mass is 332 g/mol. The van der Waals surface area contributed by atoms with Crippen molar-refractivity contribution in [2.75, 3.05) is 0 Å². The van der Waals surface area contributed by atoms with Crippen molar-refractivity contribution in [2.24, 2.45) is 40.4 Å². The first-order valence-corrected chi connectivity index (χ1v) is 10.4. The van der Waals surface area contributed by atoms with E-state index in [-0.39, 0.29) is 5.41 Å². The fourth-order valence-electron chi connectivity index (χ4n) is 7.87. The predicted molar refractivity (Wildman–Crippen MR) is 96.5 cm³/mol. The van der Waals surface area contributed by atoms with E-state index in [2.05, 4.69) is 20.8 Å². The van der Waals surface area contributed by atoms with E-state index in [4.69, 9.17) is 0 Å². The lowest BCUT2D eigenvalue weighted by atomic mass is 9.44. The van der Waals surface area contributed by atoms with Crippen molar-refractivity contribution in [1.82, 2.24) is 0 Å². The highest BCUT2D eigenvalue weighted by Crippen LogP contribution is 2.68. The summed E-state index contributed by atoms with van der Waals surface area (Å²) in [5.74, 6) is 3.87. The Bertz CT molecular complexity index is 538. The first-order valence-electron chi connectivity index (χ1n) is 10.4. The molecule has 0 amide bonds. The molecule has 136 valence electrons. The third-order valence-corrected chi connectivity index (χ3v) is 9.80. The van der Waals surface area contributed by atoms with Crippen LogP contribution < -0.4 is 0 Å². The van der Waals surface area contributed by atoms with Crippen LogP contribution in [0.25, 0.3) is 0 Å². The molecule has 0 heterocycles. The third-order valence-electron chi connectivity index (χ3n) is 9.80. The van der Waals surface area contributed by atoms with E-state index in [1.165, 1.54) is 38.5 Å². The van der Waals surface area contributed by atoms with Crippen LogP contribution in [0.5, 0.6) is 0 Å². The van der Waals surface area contributed by atoms with Crippen LogP contribution in [0.4, 0.5) is 0 Å². The van der Waals surface area contributed by atoms with E-state index in [9.17, 15) is 9.90 Å². The maximum atomic E-state index is 11.9. The van der Waals surface area contributed by atoms with Crippen LogP contribution in [0.15, 0.2) is 0 Å². The van der Waals surface area contributed by atoms with Gasteiger partial charge >= 0.3 is 0 Å². The minimum absolute atomic E-state index is 0.133. The van der Waals surface area contributed by atoms with Gasteiger partial charge in [0.05, 0.1) is 5.60 Å². The lowest BCUT2D eigenvalue weighted by Crippen LogP contribution is -2.56. The van der Waals surface area contributed by atoms with Crippen molar-refractivity contribution in [3.8, 4) is 0 Å². The maximum Gasteiger partial charge on any atom is 0.132 e. The van der Waals surface area contributed by atoms with E-state index >= 15 is 0 Å². The van der Waals surface area contributed by atoms with E-state index in [1.54, 1.807) is 6.92 Å². The number of hydrogen-bond donors (Lipinski definition) is 1. The molecule has 0 radical (unpaired) electrons. The topological polar surface area (TPSA) is 37.3 Å². The molecular weight excluding hydrogens is 296 g/mol. The van der Waals surface area contributed by atoms with Crippen molar-refractivity contribution < 1.29 is 9.90 Å². The number of carbonyl (C=O) groups excluding carboxylic acids is 1. The minimum atomic E-state index is -0.466. The molecule has 2 nitrogen and oxygen atoms in total. The zero-order valence-corrected chi connectivity index (χ0v) is 16.1. The van der Waals surface area contributed by atoms with E-state index in [1.807, 2.05) is 0 Å². The fourth-order valence-corrected chi connectivity index (χ4v) is 7.87. The lowest BCUT2D eigenvalue weighted by molar-refractivity contribution is -0.152. The van der Waals surface area contributed by atoms with Crippen LogP contribution in [0.2, 0.25) is 0 Å². The Morgan fingerprint density at radius 3 is 2.33 bits per heavy atom. The molecule has 4 rings (SSSR count). The Kier molecular flexibility index (Phi) is 3.78. The van der Waals surface area contributed by atoms with Gasteiger partial charge in [0.25, 0.3) is 0 Å². The Labute approximate surface area is 147 Å². The Morgan fingerprint density at radius 1 is 0.917 bits per heavy atom. The zero-order chi connectivity index (χ0) is 17.3. The average Bonchev–Trinajstić information content (AvgIpc) is 2.76. The Morgan fingerprint density at radius 2 is 1.62 bits per heavy atom. The molecular formula is C22H36O2. The van der Waals surface area contributed by atoms with Crippen LogP contribution in [0.3, 0.4) is 0 Å². The fraction of sp³-hybridized carbons (Fsp3) is 0.955. The van der Waals surface area contributed by atoms with Gasteiger partial charge in [0.2, 0.25) is 0 Å². The second-order valence-electron chi connectivity index (χ2n) is 10.5. The minimum Gasteiger partial charge on any atom is -0.390 e. The van der Waals surface area contributed by atoms with E-state index < -0.39 is 5.60 Å². The first-order chi connectivity index (χ1) is 11.2. The van der Waals surface area contributed by atoms with Gasteiger partial charge in [0.1, 0.15) is 5.78 Å². The summed E-state index contributed by atoms with van der Waals surface area (Å²) in [6.45, 7) is 8.83. The van der Waals surface area contributed by atoms with Crippen LogP contribution in [-0.4, -0.2) is 16.5 Å². The van der Waals surface area contributed by atoms with Gasteiger partial charge < -0.3 is 5.11 Å². The number of fused-ring (bicyclic) bond motifs is 5. The summed E-state index contributed by atoms with van der Waals surface area (Å²) >= 11 is 0. The van der Waals surface area contributed by atoms with Crippen molar-refractivity contribution in [3.63, 3.8) is 0 Å². The molecule has 8 atom stereocenters. The highest BCUT2D eigenvalue weighted by Gasteiger charge is 2.63. The van der Waals surface area contributed by atoms with Crippen molar-refractivity contribution >= 4 is 5.78 Å². The van der Waals surface area contributed by atoms with Gasteiger partial charge in [-0.1, -0.05) is 13.8 Å². The maximum absolute atomic E-state index is 11.9. The number of aliphatic hydroxyl groups is 1. The molecule has 0 saturated heterocycles. The molecule has 0 bridgehead atoms. The first kappa shape index (κ1) is 17.1. The van der Waals surface area contributed by atoms with Gasteiger partial charge in [-0.15, -0.1) is 0 Å². The molecule has 0 aliphatic heterocycles. The second-order valence-corrected chi connectivity index (χ2v) is 10.5. The number of hydrogen-bond acceptors (Lipinski definition) is 2. The SMILES string of the molecule is CC(=O)[C@@H]1CC[C@@]2(C)[C@H](CC[C@@H]3[C@@H]2CC[C@@]2(C)[C@H]3CC[C@@]2(C)O)C1. The van der Waals surface area contributed by atoms with Gasteiger partial charge in [-0.3, -0.25) is 4.79 Å². The summed E-state index contributed by atoms with van der Waals surface area (Å²) in [6.07, 6.45) is 10.9. The average molecular weight is 333 g/mol. The second kappa shape index (κ2) is 5.32. The molecule has 4 saturated carbocycles.